The number of rotatable bonds is 2. The van der Waals surface area contributed by atoms with E-state index in [0.717, 1.165) is 12.8 Å². The molecule has 0 saturated heterocycles. The van der Waals surface area contributed by atoms with E-state index in [1.165, 1.54) is 0 Å². The van der Waals surface area contributed by atoms with E-state index in [4.69, 9.17) is 23.2 Å². The van der Waals surface area contributed by atoms with Crippen molar-refractivity contribution in [2.75, 3.05) is 11.8 Å². The van der Waals surface area contributed by atoms with Gasteiger partial charge in [0.05, 0.1) is 6.10 Å². The first-order valence-electron chi connectivity index (χ1n) is 4.58. The fraction of sp³-hybridized carbons (Fsp3) is 1.00. The number of aliphatic hydroxyl groups excluding tert-OH is 1. The minimum absolute atomic E-state index is 0.0989. The molecule has 12 heavy (non-hydrogen) atoms. The molecule has 0 spiro atoms. The molecule has 0 aromatic rings. The summed E-state index contributed by atoms with van der Waals surface area (Å²) in [6, 6.07) is 0. The molecule has 0 radical (unpaired) electrons. The zero-order valence-electron chi connectivity index (χ0n) is 6.92. The fourth-order valence-electron chi connectivity index (χ4n) is 3.03. The van der Waals surface area contributed by atoms with Gasteiger partial charge in [-0.1, -0.05) is 0 Å². The Morgan fingerprint density at radius 1 is 1.08 bits per heavy atom. The number of fused-ring (bicyclic) bond motifs is 2. The van der Waals surface area contributed by atoms with Gasteiger partial charge in [-0.05, 0) is 36.5 Å². The summed E-state index contributed by atoms with van der Waals surface area (Å²) in [6.07, 6.45) is 2.00. The van der Waals surface area contributed by atoms with Gasteiger partial charge in [0, 0.05) is 11.8 Å². The Balaban J connectivity index is 2.11. The molecule has 1 nitrogen and oxygen atoms in total. The van der Waals surface area contributed by atoms with Gasteiger partial charge in [-0.15, -0.1) is 23.2 Å². The van der Waals surface area contributed by atoms with Crippen LogP contribution in [0.25, 0.3) is 0 Å². The zero-order chi connectivity index (χ0) is 8.72. The molecule has 2 rings (SSSR count). The topological polar surface area (TPSA) is 20.2 Å². The van der Waals surface area contributed by atoms with Crippen molar-refractivity contribution in [2.24, 2.45) is 23.7 Å². The third-order valence-corrected chi connectivity index (χ3v) is 4.39. The van der Waals surface area contributed by atoms with Gasteiger partial charge < -0.3 is 5.11 Å². The second-order valence-electron chi connectivity index (χ2n) is 4.10. The van der Waals surface area contributed by atoms with Gasteiger partial charge in [-0.3, -0.25) is 0 Å². The Labute approximate surface area is 83.0 Å². The number of hydrogen-bond acceptors (Lipinski definition) is 1. The van der Waals surface area contributed by atoms with Crippen LogP contribution in [0.15, 0.2) is 0 Å². The summed E-state index contributed by atoms with van der Waals surface area (Å²) in [7, 11) is 0. The third kappa shape index (κ3) is 1.18. The standard InChI is InChI=1S/C9H14Cl2O/c10-3-7-5-1-6(8(7)4-11)9(12)2-5/h5-9,12H,1-4H2/t5-,6+,7+,8+,9+/m1/s1. The SMILES string of the molecule is O[C@H]1C[C@H]2C[C@H]1[C@H](CCl)[C@H]2CCl. The first-order chi connectivity index (χ1) is 5.77. The highest BCUT2D eigenvalue weighted by molar-refractivity contribution is 6.19. The summed E-state index contributed by atoms with van der Waals surface area (Å²) in [4.78, 5) is 0. The van der Waals surface area contributed by atoms with Crippen molar-refractivity contribution in [3.05, 3.63) is 0 Å². The maximum absolute atomic E-state index is 9.63. The normalized spacial score (nSPS) is 51.8. The van der Waals surface area contributed by atoms with Gasteiger partial charge >= 0.3 is 0 Å². The van der Waals surface area contributed by atoms with Crippen molar-refractivity contribution >= 4 is 23.2 Å². The highest BCUT2D eigenvalue weighted by atomic mass is 35.5. The molecule has 2 aliphatic carbocycles. The lowest BCUT2D eigenvalue weighted by Gasteiger charge is -2.31. The zero-order valence-corrected chi connectivity index (χ0v) is 8.43. The highest BCUT2D eigenvalue weighted by Gasteiger charge is 2.51. The molecule has 70 valence electrons. The molecule has 0 aliphatic heterocycles. The van der Waals surface area contributed by atoms with E-state index in [1.807, 2.05) is 0 Å². The molecule has 0 heterocycles. The van der Waals surface area contributed by atoms with Crippen LogP contribution in [-0.4, -0.2) is 23.0 Å². The molecule has 2 saturated carbocycles. The highest BCUT2D eigenvalue weighted by Crippen LogP contribution is 2.52. The molecular formula is C9H14Cl2O. The molecule has 5 atom stereocenters. The summed E-state index contributed by atoms with van der Waals surface area (Å²) in [5, 5.41) is 9.63. The second kappa shape index (κ2) is 3.36. The van der Waals surface area contributed by atoms with Crippen molar-refractivity contribution in [3.63, 3.8) is 0 Å². The second-order valence-corrected chi connectivity index (χ2v) is 4.72. The average molecular weight is 209 g/mol. The lowest BCUT2D eigenvalue weighted by molar-refractivity contribution is 0.0665. The van der Waals surface area contributed by atoms with Crippen LogP contribution in [-0.2, 0) is 0 Å². The largest absolute Gasteiger partial charge is 0.393 e. The molecule has 2 bridgehead atoms. The van der Waals surface area contributed by atoms with Crippen LogP contribution < -0.4 is 0 Å². The van der Waals surface area contributed by atoms with Crippen molar-refractivity contribution in [3.8, 4) is 0 Å². The lowest BCUT2D eigenvalue weighted by Crippen LogP contribution is -2.33. The van der Waals surface area contributed by atoms with E-state index >= 15 is 0 Å². The van der Waals surface area contributed by atoms with E-state index in [0.29, 0.717) is 35.4 Å². The molecule has 0 aromatic carbocycles. The fourth-order valence-corrected chi connectivity index (χ4v) is 3.97. The lowest BCUT2D eigenvalue weighted by atomic mass is 9.80. The predicted octanol–water partition coefficient (Wildman–Crippen LogP) is 2.10. The van der Waals surface area contributed by atoms with E-state index < -0.39 is 0 Å². The molecule has 2 fully saturated rings. The average Bonchev–Trinajstić information content (AvgIpc) is 2.58. The Morgan fingerprint density at radius 2 is 1.75 bits per heavy atom. The summed E-state index contributed by atoms with van der Waals surface area (Å²) >= 11 is 11.8. The first-order valence-corrected chi connectivity index (χ1v) is 5.64. The number of halogens is 2. The Bertz CT molecular complexity index is 172. The number of hydrogen-bond donors (Lipinski definition) is 1. The summed E-state index contributed by atoms with van der Waals surface area (Å²) in [6.45, 7) is 0. The quantitative estimate of drug-likeness (QED) is 0.690. The summed E-state index contributed by atoms with van der Waals surface area (Å²) < 4.78 is 0. The van der Waals surface area contributed by atoms with Gasteiger partial charge in [0.25, 0.3) is 0 Å². The van der Waals surface area contributed by atoms with Gasteiger partial charge in [0.15, 0.2) is 0 Å². The van der Waals surface area contributed by atoms with Gasteiger partial charge in [0.1, 0.15) is 0 Å². The summed E-state index contributed by atoms with van der Waals surface area (Å²) in [5.41, 5.74) is 0. The molecule has 0 unspecified atom stereocenters. The van der Waals surface area contributed by atoms with Crippen LogP contribution in [0.1, 0.15) is 12.8 Å². The molecule has 0 aromatic heterocycles. The maximum Gasteiger partial charge on any atom is 0.0574 e. The van der Waals surface area contributed by atoms with Crippen LogP contribution in [0.5, 0.6) is 0 Å². The van der Waals surface area contributed by atoms with Gasteiger partial charge in [0.2, 0.25) is 0 Å². The van der Waals surface area contributed by atoms with Crippen molar-refractivity contribution in [2.45, 2.75) is 18.9 Å². The molecule has 1 N–H and O–H groups in total. The van der Waals surface area contributed by atoms with Crippen molar-refractivity contribution in [1.82, 2.24) is 0 Å². The predicted molar refractivity (Wildman–Crippen MR) is 50.6 cm³/mol. The minimum Gasteiger partial charge on any atom is -0.393 e. The molecule has 2 aliphatic rings. The monoisotopic (exact) mass is 208 g/mol. The number of alkyl halides is 2. The first kappa shape index (κ1) is 9.11. The van der Waals surface area contributed by atoms with E-state index in [2.05, 4.69) is 0 Å². The van der Waals surface area contributed by atoms with E-state index in [1.54, 1.807) is 0 Å². The van der Waals surface area contributed by atoms with Crippen LogP contribution in [0.2, 0.25) is 0 Å². The summed E-state index contributed by atoms with van der Waals surface area (Å²) in [5.74, 6) is 3.50. The van der Waals surface area contributed by atoms with Gasteiger partial charge in [-0.25, -0.2) is 0 Å². The number of aliphatic hydroxyl groups is 1. The smallest absolute Gasteiger partial charge is 0.0574 e. The Morgan fingerprint density at radius 3 is 2.33 bits per heavy atom. The van der Waals surface area contributed by atoms with E-state index in [9.17, 15) is 5.11 Å². The minimum atomic E-state index is -0.0989. The van der Waals surface area contributed by atoms with Crippen LogP contribution in [0, 0.1) is 23.7 Å². The molecule has 3 heteroatoms. The van der Waals surface area contributed by atoms with Crippen molar-refractivity contribution in [1.29, 1.82) is 0 Å². The third-order valence-electron chi connectivity index (χ3n) is 3.68. The van der Waals surface area contributed by atoms with Crippen LogP contribution in [0.3, 0.4) is 0 Å². The van der Waals surface area contributed by atoms with Crippen LogP contribution in [0.4, 0.5) is 0 Å². The van der Waals surface area contributed by atoms with Crippen LogP contribution >= 0.6 is 23.2 Å². The Hall–Kier alpha value is 0.540. The molecular weight excluding hydrogens is 195 g/mol. The molecule has 0 amide bonds. The Kier molecular flexibility index (Phi) is 2.55. The maximum atomic E-state index is 9.63. The van der Waals surface area contributed by atoms with E-state index in [-0.39, 0.29) is 6.10 Å². The van der Waals surface area contributed by atoms with Gasteiger partial charge in [-0.2, -0.15) is 0 Å². The van der Waals surface area contributed by atoms with Crippen molar-refractivity contribution < 1.29 is 5.11 Å².